The highest BCUT2D eigenvalue weighted by molar-refractivity contribution is 8.07. The quantitative estimate of drug-likeness (QED) is 0.0870. The van der Waals surface area contributed by atoms with Gasteiger partial charge in [-0.3, -0.25) is 27.3 Å². The van der Waals surface area contributed by atoms with E-state index in [1.807, 2.05) is 41.5 Å². The first-order valence-electron chi connectivity index (χ1n) is 27.4. The van der Waals surface area contributed by atoms with E-state index in [1.165, 1.54) is 52.4 Å². The molecule has 3 aromatic heterocycles. The normalized spacial score (nSPS) is 27.7. The minimum Gasteiger partial charge on any atom is -0.383 e. The van der Waals surface area contributed by atoms with Crippen molar-refractivity contribution in [3.63, 3.8) is 0 Å². The van der Waals surface area contributed by atoms with Gasteiger partial charge in [0, 0.05) is 39.9 Å². The maximum Gasteiger partial charge on any atom is 0.473 e. The Bertz CT molecular complexity index is 2750. The van der Waals surface area contributed by atoms with Gasteiger partial charge in [0.1, 0.15) is 54.1 Å². The largest absolute Gasteiger partial charge is 0.473 e. The number of ether oxygens (including phenoxy) is 7. The summed E-state index contributed by atoms with van der Waals surface area (Å²) < 4.78 is 80.4. The minimum atomic E-state index is -4.44. The Morgan fingerprint density at radius 3 is 1.05 bits per heavy atom. The molecule has 6 heterocycles. The molecule has 0 radical (unpaired) electrons. The molecule has 0 aliphatic carbocycles. The molecule has 0 saturated carbocycles. The Kier molecular flexibility index (Phi) is 23.9. The first-order chi connectivity index (χ1) is 37.6. The van der Waals surface area contributed by atoms with Crippen molar-refractivity contribution < 1.29 is 65.6 Å². The first kappa shape index (κ1) is 71.9. The molecular formula is C54H95N9O17P2S. The highest BCUT2D eigenvalue weighted by Gasteiger charge is 2.53. The Balaban J connectivity index is 0.000000268. The summed E-state index contributed by atoms with van der Waals surface area (Å²) >= 11 is 5.24. The molecule has 26 nitrogen and oxygen atoms in total. The van der Waals surface area contributed by atoms with Crippen LogP contribution in [0, 0.1) is 16.2 Å². The van der Waals surface area contributed by atoms with Crippen molar-refractivity contribution in [1.82, 2.24) is 28.7 Å². The predicted octanol–water partition coefficient (Wildman–Crippen LogP) is 7.42. The molecule has 14 atom stereocenters. The average Bonchev–Trinajstić information content (AvgIpc) is 3.30. The van der Waals surface area contributed by atoms with Crippen LogP contribution in [-0.4, -0.2) is 132 Å². The van der Waals surface area contributed by atoms with Gasteiger partial charge in [0.25, 0.3) is 0 Å². The van der Waals surface area contributed by atoms with Gasteiger partial charge < -0.3 is 64.7 Å². The zero-order valence-corrected chi connectivity index (χ0v) is 54.9. The number of nitrogens with zero attached hydrogens (tertiary/aromatic N) is 6. The number of methoxy groups -OCH3 is 3. The summed E-state index contributed by atoms with van der Waals surface area (Å²) in [6.45, 7) is 31.3. The van der Waals surface area contributed by atoms with Crippen LogP contribution in [0.5, 0.6) is 0 Å². The number of nitrogen functional groups attached to an aromatic ring is 3. The molecule has 3 fully saturated rings. The number of rotatable bonds is 16. The summed E-state index contributed by atoms with van der Waals surface area (Å²) in [5.41, 5.74) is 12.9. The van der Waals surface area contributed by atoms with E-state index in [9.17, 15) is 28.7 Å². The number of anilines is 3. The van der Waals surface area contributed by atoms with Gasteiger partial charge in [-0.25, -0.2) is 18.9 Å². The lowest BCUT2D eigenvalue weighted by Crippen LogP contribution is -2.43. The molecule has 5 unspecified atom stereocenters. The van der Waals surface area contributed by atoms with E-state index in [1.54, 1.807) is 60.9 Å². The second-order valence-corrected chi connectivity index (χ2v) is 31.4. The van der Waals surface area contributed by atoms with E-state index < -0.39 is 104 Å². The lowest BCUT2D eigenvalue weighted by molar-refractivity contribution is -0.124. The number of hydrogen-bond acceptors (Lipinski definition) is 22. The second kappa shape index (κ2) is 27.6. The number of aromatic nitrogens is 6. The van der Waals surface area contributed by atoms with Crippen molar-refractivity contribution in [3.8, 4) is 0 Å². The molecule has 0 aromatic carbocycles. The van der Waals surface area contributed by atoms with Gasteiger partial charge in [-0.15, -0.1) is 0 Å². The second-order valence-electron chi connectivity index (χ2n) is 27.4. The molecule has 3 aliphatic rings. The Morgan fingerprint density at radius 2 is 0.783 bits per heavy atom. The van der Waals surface area contributed by atoms with Gasteiger partial charge in [-0.05, 0) is 128 Å². The van der Waals surface area contributed by atoms with Crippen molar-refractivity contribution >= 4 is 43.8 Å². The SMILES string of the molecule is CO[C@H]1C(OC(C)(C)C)[C@@H](CC(C)(C)C)O[C@H]1n1ccc(N)nc1=O.CO[C@H]1C(OP(=O)(O)OC(C)(C)C)[C@@H](CC(C)(C)C)O[C@H]1n1ccc(N)nc1=O.CO[C@H]1C(OP(O)(=S)OC(C)(C)C)[C@@H](CC(C)(C)C)O[C@H]1n1ccc(N)nc1=O. The van der Waals surface area contributed by atoms with Crippen LogP contribution in [0.3, 0.4) is 0 Å². The highest BCUT2D eigenvalue weighted by Crippen LogP contribution is 2.54. The molecule has 0 bridgehead atoms. The lowest BCUT2D eigenvalue weighted by Gasteiger charge is -2.32. The van der Waals surface area contributed by atoms with Crippen LogP contribution in [0.1, 0.15) is 163 Å². The fourth-order valence-corrected chi connectivity index (χ4v) is 13.1. The van der Waals surface area contributed by atoms with Crippen LogP contribution in [-0.2, 0) is 67.6 Å². The van der Waals surface area contributed by atoms with Crippen LogP contribution >= 0.6 is 14.5 Å². The third-order valence-corrected chi connectivity index (χ3v) is 15.3. The monoisotopic (exact) mass is 1240 g/mol. The van der Waals surface area contributed by atoms with Gasteiger partial charge in [0.2, 0.25) is 0 Å². The van der Waals surface area contributed by atoms with Gasteiger partial charge in [-0.2, -0.15) is 15.0 Å². The molecule has 474 valence electrons. The van der Waals surface area contributed by atoms with Crippen LogP contribution in [0.4, 0.5) is 17.5 Å². The van der Waals surface area contributed by atoms with Crippen LogP contribution < -0.4 is 34.3 Å². The average molecular weight is 1240 g/mol. The number of phosphoric ester groups is 1. The molecule has 6 rings (SSSR count). The lowest BCUT2D eigenvalue weighted by atomic mass is 9.87. The molecule has 8 N–H and O–H groups in total. The van der Waals surface area contributed by atoms with Crippen molar-refractivity contribution in [1.29, 1.82) is 0 Å². The summed E-state index contributed by atoms with van der Waals surface area (Å²) in [4.78, 5) is 69.2. The third-order valence-electron chi connectivity index (χ3n) is 12.3. The summed E-state index contributed by atoms with van der Waals surface area (Å²) in [6.07, 6.45) is -1.25. The zero-order chi connectivity index (χ0) is 63.4. The van der Waals surface area contributed by atoms with Crippen molar-refractivity contribution in [2.45, 2.75) is 234 Å². The minimum absolute atomic E-state index is 0.0433. The third kappa shape index (κ3) is 22.3. The Labute approximate surface area is 493 Å². The predicted molar refractivity (Wildman–Crippen MR) is 317 cm³/mol. The smallest absolute Gasteiger partial charge is 0.383 e. The van der Waals surface area contributed by atoms with Crippen LogP contribution in [0.2, 0.25) is 0 Å². The topological polar surface area (TPSA) is 342 Å². The number of phosphoric acid groups is 1. The van der Waals surface area contributed by atoms with Gasteiger partial charge >= 0.3 is 31.6 Å². The molecule has 3 aromatic rings. The molecule has 83 heavy (non-hydrogen) atoms. The zero-order valence-electron chi connectivity index (χ0n) is 52.2. The van der Waals surface area contributed by atoms with E-state index >= 15 is 0 Å². The van der Waals surface area contributed by atoms with Gasteiger partial charge in [0.15, 0.2) is 18.7 Å². The summed E-state index contributed by atoms with van der Waals surface area (Å²) in [5, 5.41) is 0. The van der Waals surface area contributed by atoms with Gasteiger partial charge in [0.05, 0.1) is 35.1 Å². The summed E-state index contributed by atoms with van der Waals surface area (Å²) in [7, 11) is 0.0695. The van der Waals surface area contributed by atoms with E-state index in [0.29, 0.717) is 12.8 Å². The molecule has 3 saturated heterocycles. The fraction of sp³-hybridized carbons (Fsp3) is 0.778. The number of hydrogen-bond donors (Lipinski definition) is 5. The molecule has 0 spiro atoms. The van der Waals surface area contributed by atoms with Crippen molar-refractivity contribution in [2.24, 2.45) is 16.2 Å². The Hall–Kier alpha value is -3.60. The van der Waals surface area contributed by atoms with E-state index in [2.05, 4.69) is 56.5 Å². The molecule has 3 aliphatic heterocycles. The maximum absolute atomic E-state index is 12.6. The standard InChI is InChI=1S/C18H32N3O7P.C18H32N3O6PS.C18H31N3O4/c1-17(2,3)10-11-13(27-29(23,24)28-18(4,5)6)14(25-7)15(26-11)21-9-8-12(19)20-16(21)22;1-17(2,3)10-11-13(26-28(23,29)27-18(4,5)6)14(24-7)15(25-11)21-9-8-12(19)20-16(21)22;1-17(2,3)10-11-13(25-18(4,5)6)14(23-7)15(24-11)21-9-8-12(19)20-16(21)22/h8-9,11,13-15H,10H2,1-7H3,(H,23,24)(H2,19,20,22);8-9,11,13-15H,10H2,1-7H3,(H,23,29)(H2,19,20,22);8-9,11,13-15H,10H2,1-7H3,(H2,19,20,22)/t11-,13?,14+,15-;11-,13?,14+,15-,28?;11-,13?,14+,15-/m111/s1. The first-order valence-corrected chi connectivity index (χ1v) is 31.4. The Morgan fingerprint density at radius 1 is 0.494 bits per heavy atom. The van der Waals surface area contributed by atoms with Gasteiger partial charge in [-0.1, -0.05) is 62.3 Å². The van der Waals surface area contributed by atoms with E-state index in [-0.39, 0.29) is 51.5 Å². The number of nitrogens with two attached hydrogens (primary N) is 3. The molecular weight excluding hydrogens is 1140 g/mol. The van der Waals surface area contributed by atoms with E-state index in [4.69, 9.17) is 80.3 Å². The summed E-state index contributed by atoms with van der Waals surface area (Å²) in [6, 6.07) is 4.54. The maximum atomic E-state index is 12.6. The molecule has 0 amide bonds. The van der Waals surface area contributed by atoms with Crippen LogP contribution in [0.15, 0.2) is 51.2 Å². The van der Waals surface area contributed by atoms with Crippen LogP contribution in [0.25, 0.3) is 0 Å². The van der Waals surface area contributed by atoms with E-state index in [0.717, 1.165) is 6.42 Å². The molecule has 29 heteroatoms. The summed E-state index contributed by atoms with van der Waals surface area (Å²) in [5.74, 6) is 0.374. The van der Waals surface area contributed by atoms with Crippen molar-refractivity contribution in [3.05, 3.63) is 68.2 Å². The van der Waals surface area contributed by atoms with Crippen molar-refractivity contribution in [2.75, 3.05) is 38.5 Å². The fourth-order valence-electron chi connectivity index (χ4n) is 9.56. The highest BCUT2D eigenvalue weighted by atomic mass is 32.5.